The van der Waals surface area contributed by atoms with Crippen LogP contribution in [0, 0.1) is 0 Å². The predicted octanol–water partition coefficient (Wildman–Crippen LogP) is 12.7. The smallest absolute Gasteiger partial charge is 0.199 e. The van der Waals surface area contributed by atoms with Gasteiger partial charge >= 0.3 is 0 Å². The van der Waals surface area contributed by atoms with E-state index in [9.17, 15) is 0 Å². The number of benzene rings is 8. The number of hydrogen-bond acceptors (Lipinski definition) is 3. The van der Waals surface area contributed by atoms with E-state index in [1.165, 1.54) is 71.3 Å². The minimum Gasteiger partial charge on any atom is -0.309 e. The molecule has 8 aromatic carbocycles. The zero-order valence-corrected chi connectivity index (χ0v) is 30.9. The van der Waals surface area contributed by atoms with E-state index in [0.717, 1.165) is 28.0 Å². The molecule has 2 aliphatic heterocycles. The van der Waals surface area contributed by atoms with Gasteiger partial charge in [0.05, 0.1) is 22.1 Å². The van der Waals surface area contributed by atoms with Crippen LogP contribution in [-0.4, -0.2) is 20.0 Å². The number of aromatic nitrogens is 2. The van der Waals surface area contributed by atoms with Gasteiger partial charge in [-0.2, -0.15) is 5.43 Å². The van der Waals surface area contributed by atoms with Crippen molar-refractivity contribution in [1.29, 1.82) is 0 Å². The molecule has 268 valence electrons. The van der Waals surface area contributed by atoms with Gasteiger partial charge in [-0.1, -0.05) is 133 Å². The molecule has 0 aliphatic carbocycles. The maximum atomic E-state index is 5.38. The van der Waals surface area contributed by atoms with Gasteiger partial charge in [0.2, 0.25) is 0 Å². The van der Waals surface area contributed by atoms with Crippen LogP contribution in [0.5, 0.6) is 0 Å². The Morgan fingerprint density at radius 3 is 1.84 bits per heavy atom. The van der Waals surface area contributed by atoms with Gasteiger partial charge in [-0.3, -0.25) is 5.01 Å². The molecule has 12 rings (SSSR count). The number of rotatable bonds is 5. The van der Waals surface area contributed by atoms with Gasteiger partial charge in [0, 0.05) is 39.0 Å². The predicted molar refractivity (Wildman–Crippen MR) is 237 cm³/mol. The van der Waals surface area contributed by atoms with Crippen molar-refractivity contribution in [1.82, 2.24) is 19.6 Å². The minimum absolute atomic E-state index is 0.324. The number of hydrogen-bond donors (Lipinski definition) is 1. The van der Waals surface area contributed by atoms with Crippen LogP contribution in [0.1, 0.15) is 11.9 Å². The van der Waals surface area contributed by atoms with E-state index in [2.05, 4.69) is 220 Å². The molecule has 1 N–H and O–H groups in total. The Hall–Kier alpha value is -7.47. The molecule has 0 saturated heterocycles. The van der Waals surface area contributed by atoms with Crippen LogP contribution in [0.3, 0.4) is 0 Å². The fourth-order valence-electron chi connectivity index (χ4n) is 9.11. The molecule has 2 aromatic heterocycles. The fourth-order valence-corrected chi connectivity index (χ4v) is 9.11. The SMILES string of the molecule is C1=CN2NC(n3c4ccccc4c4cc(-c5ccc6c(c5)c5ccccc5n6-c5ccccc5)ccc43)N=C2C(c2ccc(-c3cccc4ccccc34)cc2)=C1. The Bertz CT molecular complexity index is 3320. The first-order valence-corrected chi connectivity index (χ1v) is 19.5. The molecule has 0 fully saturated rings. The summed E-state index contributed by atoms with van der Waals surface area (Å²) in [7, 11) is 0. The second-order valence-corrected chi connectivity index (χ2v) is 14.9. The molecule has 0 spiro atoms. The molecule has 5 heteroatoms. The Balaban J connectivity index is 0.923. The second kappa shape index (κ2) is 12.5. The Kier molecular flexibility index (Phi) is 7.00. The molecule has 5 nitrogen and oxygen atoms in total. The van der Waals surface area contributed by atoms with Crippen LogP contribution in [0.15, 0.2) is 205 Å². The van der Waals surface area contributed by atoms with Crippen LogP contribution in [0.4, 0.5) is 0 Å². The number of para-hydroxylation sites is 3. The van der Waals surface area contributed by atoms with Gasteiger partial charge in [-0.25, -0.2) is 4.99 Å². The second-order valence-electron chi connectivity index (χ2n) is 14.9. The first kappa shape index (κ1) is 31.8. The third kappa shape index (κ3) is 4.96. The third-order valence-corrected chi connectivity index (χ3v) is 11.7. The summed E-state index contributed by atoms with van der Waals surface area (Å²) in [4.78, 5) is 5.38. The first-order chi connectivity index (χ1) is 28.3. The van der Waals surface area contributed by atoms with Gasteiger partial charge in [0.1, 0.15) is 0 Å². The van der Waals surface area contributed by atoms with Crippen LogP contribution < -0.4 is 5.43 Å². The van der Waals surface area contributed by atoms with Gasteiger partial charge in [-0.15, -0.1) is 0 Å². The number of allylic oxidation sites excluding steroid dienone is 2. The summed E-state index contributed by atoms with van der Waals surface area (Å²) in [5.74, 6) is 0.908. The zero-order chi connectivity index (χ0) is 37.5. The highest BCUT2D eigenvalue weighted by Crippen LogP contribution is 2.40. The van der Waals surface area contributed by atoms with E-state index >= 15 is 0 Å². The Morgan fingerprint density at radius 1 is 0.456 bits per heavy atom. The molecule has 0 radical (unpaired) electrons. The summed E-state index contributed by atoms with van der Waals surface area (Å²) in [5, 5.41) is 9.49. The minimum atomic E-state index is -0.324. The monoisotopic (exact) mass is 729 g/mol. The standard InChI is InChI=1S/C52H35N5/c1-2-14-39(15-3-1)56-47-21-8-6-17-43(47)45-32-37(27-29-49(45)56)38-28-30-50-46(33-38)44-18-7-9-22-48(44)57(50)52-53-51-42(20-11-31-55(51)54-52)36-25-23-35(24-26-36)41-19-10-13-34-12-4-5-16-40(34)41/h1-33,52,54H. The van der Waals surface area contributed by atoms with Gasteiger partial charge in [0.25, 0.3) is 0 Å². The molecule has 2 aliphatic rings. The van der Waals surface area contributed by atoms with Gasteiger partial charge in [-0.05, 0) is 99.3 Å². The third-order valence-electron chi connectivity index (χ3n) is 11.7. The van der Waals surface area contributed by atoms with Crippen LogP contribution >= 0.6 is 0 Å². The summed E-state index contributed by atoms with van der Waals surface area (Å²) in [6.45, 7) is 0. The summed E-state index contributed by atoms with van der Waals surface area (Å²) >= 11 is 0. The van der Waals surface area contributed by atoms with Gasteiger partial charge in [0.15, 0.2) is 12.1 Å². The van der Waals surface area contributed by atoms with E-state index in [1.54, 1.807) is 0 Å². The quantitative estimate of drug-likeness (QED) is 0.192. The van der Waals surface area contributed by atoms with Crippen molar-refractivity contribution in [2.45, 2.75) is 6.29 Å². The normalized spacial score (nSPS) is 15.2. The average molecular weight is 730 g/mol. The summed E-state index contributed by atoms with van der Waals surface area (Å²) in [5.41, 5.74) is 16.6. The number of nitrogens with one attached hydrogen (secondary N) is 1. The van der Waals surface area contributed by atoms with Crippen LogP contribution in [-0.2, 0) is 0 Å². The highest BCUT2D eigenvalue weighted by Gasteiger charge is 2.31. The molecular formula is C52H35N5. The van der Waals surface area contributed by atoms with E-state index in [0.29, 0.717) is 0 Å². The molecule has 1 atom stereocenters. The lowest BCUT2D eigenvalue weighted by Gasteiger charge is -2.22. The van der Waals surface area contributed by atoms with Crippen LogP contribution in [0.2, 0.25) is 0 Å². The molecule has 57 heavy (non-hydrogen) atoms. The van der Waals surface area contributed by atoms with Crippen molar-refractivity contribution >= 4 is 65.8 Å². The molecular weight excluding hydrogens is 695 g/mol. The Morgan fingerprint density at radius 2 is 1.04 bits per heavy atom. The molecule has 10 aromatic rings. The summed E-state index contributed by atoms with van der Waals surface area (Å²) in [6.07, 6.45) is 5.99. The van der Waals surface area contributed by atoms with E-state index in [4.69, 9.17) is 4.99 Å². The number of nitrogens with zero attached hydrogens (tertiary/aromatic N) is 4. The molecule has 0 amide bonds. The van der Waals surface area contributed by atoms with Crippen LogP contribution in [0.25, 0.3) is 87.9 Å². The molecule has 0 bridgehead atoms. The van der Waals surface area contributed by atoms with Crippen molar-refractivity contribution in [3.63, 3.8) is 0 Å². The lowest BCUT2D eigenvalue weighted by Crippen LogP contribution is -2.36. The topological polar surface area (TPSA) is 37.5 Å². The van der Waals surface area contributed by atoms with E-state index in [-0.39, 0.29) is 6.29 Å². The average Bonchev–Trinajstić information content (AvgIpc) is 3.96. The first-order valence-electron chi connectivity index (χ1n) is 19.5. The molecule has 0 saturated carbocycles. The maximum Gasteiger partial charge on any atom is 0.199 e. The van der Waals surface area contributed by atoms with E-state index in [1.807, 2.05) is 0 Å². The highest BCUT2D eigenvalue weighted by atomic mass is 15.6. The number of hydrazine groups is 1. The Labute approximate surface area is 329 Å². The molecule has 1 unspecified atom stereocenters. The van der Waals surface area contributed by atoms with E-state index < -0.39 is 0 Å². The summed E-state index contributed by atoms with van der Waals surface area (Å²) < 4.78 is 4.71. The van der Waals surface area contributed by atoms with Crippen molar-refractivity contribution in [3.8, 4) is 27.9 Å². The largest absolute Gasteiger partial charge is 0.309 e. The lowest BCUT2D eigenvalue weighted by molar-refractivity contribution is 0.330. The fraction of sp³-hybridized carbons (Fsp3) is 0.0192. The van der Waals surface area contributed by atoms with Crippen molar-refractivity contribution in [2.24, 2.45) is 4.99 Å². The number of fused-ring (bicyclic) bond motifs is 8. The number of aliphatic imine (C=N–C) groups is 1. The van der Waals surface area contributed by atoms with Crippen molar-refractivity contribution in [3.05, 3.63) is 206 Å². The highest BCUT2D eigenvalue weighted by molar-refractivity contribution is 6.24. The van der Waals surface area contributed by atoms with Crippen molar-refractivity contribution < 1.29 is 0 Å². The van der Waals surface area contributed by atoms with Gasteiger partial charge < -0.3 is 9.13 Å². The number of amidine groups is 1. The zero-order valence-electron chi connectivity index (χ0n) is 30.9. The maximum absolute atomic E-state index is 5.38. The molecule has 4 heterocycles. The van der Waals surface area contributed by atoms with Crippen molar-refractivity contribution in [2.75, 3.05) is 0 Å². The lowest BCUT2D eigenvalue weighted by atomic mass is 9.95. The summed E-state index contributed by atoms with van der Waals surface area (Å²) in [6, 6.07) is 65.8.